The van der Waals surface area contributed by atoms with Crippen LogP contribution in [-0.4, -0.2) is 12.0 Å². The molecule has 0 unspecified atom stereocenters. The molecule has 0 N–H and O–H groups in total. The van der Waals surface area contributed by atoms with Crippen molar-refractivity contribution in [3.63, 3.8) is 0 Å². The van der Waals surface area contributed by atoms with Crippen molar-refractivity contribution in [1.29, 1.82) is 0 Å². The van der Waals surface area contributed by atoms with Crippen molar-refractivity contribution < 1.29 is 4.79 Å². The van der Waals surface area contributed by atoms with Crippen LogP contribution in [0.5, 0.6) is 0 Å². The van der Waals surface area contributed by atoms with Crippen molar-refractivity contribution in [1.82, 2.24) is 0 Å². The van der Waals surface area contributed by atoms with E-state index in [1.165, 1.54) is 22.6 Å². The molecule has 0 aromatic heterocycles. The Morgan fingerprint density at radius 1 is 1.50 bits per heavy atom. The number of hydrogen-bond donors (Lipinski definition) is 0. The molecule has 1 nitrogen and oxygen atoms in total. The van der Waals surface area contributed by atoms with Gasteiger partial charge in [0.1, 0.15) is 6.29 Å². The maximum Gasteiger partial charge on any atom is 0.124 e. The van der Waals surface area contributed by atoms with Crippen LogP contribution in [0.4, 0.5) is 0 Å². The summed E-state index contributed by atoms with van der Waals surface area (Å²) in [5, 5.41) is 0. The SMILES string of the molecule is O=CCc1cc(Br)c2c(c1)CCCS2. The second kappa shape index (κ2) is 4.49. The van der Waals surface area contributed by atoms with Gasteiger partial charge in [0.15, 0.2) is 0 Å². The van der Waals surface area contributed by atoms with Crippen LogP contribution < -0.4 is 0 Å². The van der Waals surface area contributed by atoms with Crippen LogP contribution in [0.1, 0.15) is 17.5 Å². The first-order chi connectivity index (χ1) is 6.81. The molecule has 0 bridgehead atoms. The highest BCUT2D eigenvalue weighted by Gasteiger charge is 2.13. The molecule has 0 aliphatic carbocycles. The van der Waals surface area contributed by atoms with E-state index in [-0.39, 0.29) is 0 Å². The number of rotatable bonds is 2. The van der Waals surface area contributed by atoms with Crippen molar-refractivity contribution in [3.8, 4) is 0 Å². The lowest BCUT2D eigenvalue weighted by Crippen LogP contribution is -2.01. The fraction of sp³-hybridized carbons (Fsp3) is 0.364. The molecule has 0 saturated carbocycles. The molecule has 1 aromatic rings. The second-order valence-electron chi connectivity index (χ2n) is 3.39. The van der Waals surface area contributed by atoms with Gasteiger partial charge in [-0.15, -0.1) is 11.8 Å². The molecule has 2 rings (SSSR count). The molecular weight excluding hydrogens is 260 g/mol. The molecule has 0 atom stereocenters. The largest absolute Gasteiger partial charge is 0.303 e. The Kier molecular flexibility index (Phi) is 3.29. The van der Waals surface area contributed by atoms with Gasteiger partial charge >= 0.3 is 0 Å². The van der Waals surface area contributed by atoms with Gasteiger partial charge in [-0.3, -0.25) is 0 Å². The third kappa shape index (κ3) is 2.04. The summed E-state index contributed by atoms with van der Waals surface area (Å²) in [4.78, 5) is 11.8. The first-order valence-electron chi connectivity index (χ1n) is 4.69. The summed E-state index contributed by atoms with van der Waals surface area (Å²) < 4.78 is 1.15. The normalized spacial score (nSPS) is 14.9. The Balaban J connectivity index is 2.40. The van der Waals surface area contributed by atoms with E-state index in [0.717, 1.165) is 22.7 Å². The Bertz CT molecular complexity index is 363. The predicted molar refractivity (Wildman–Crippen MR) is 63.0 cm³/mol. The predicted octanol–water partition coefficient (Wildman–Crippen LogP) is 3.23. The maximum absolute atomic E-state index is 10.4. The number of halogens is 1. The standard InChI is InChI=1S/C11H11BrOS/c12-10-7-8(3-4-13)6-9-2-1-5-14-11(9)10/h4,6-7H,1-3,5H2. The number of hydrogen-bond acceptors (Lipinski definition) is 2. The Hall–Kier alpha value is -0.280. The number of thioether (sulfide) groups is 1. The Labute approximate surface area is 96.4 Å². The number of benzene rings is 1. The lowest BCUT2D eigenvalue weighted by molar-refractivity contribution is -0.107. The quantitative estimate of drug-likeness (QED) is 0.768. The van der Waals surface area contributed by atoms with Crippen LogP contribution in [0.15, 0.2) is 21.5 Å². The van der Waals surface area contributed by atoms with E-state index in [0.29, 0.717) is 6.42 Å². The molecule has 0 spiro atoms. The molecular formula is C11H11BrOS. The number of aryl methyl sites for hydroxylation is 1. The summed E-state index contributed by atoms with van der Waals surface area (Å²) in [6, 6.07) is 4.23. The monoisotopic (exact) mass is 270 g/mol. The zero-order valence-corrected chi connectivity index (χ0v) is 10.2. The maximum atomic E-state index is 10.4. The van der Waals surface area contributed by atoms with Crippen molar-refractivity contribution in [2.75, 3.05) is 5.75 Å². The molecule has 3 heteroatoms. The molecule has 1 aliphatic rings. The van der Waals surface area contributed by atoms with E-state index < -0.39 is 0 Å². The summed E-state index contributed by atoms with van der Waals surface area (Å²) in [5.74, 6) is 1.21. The van der Waals surface area contributed by atoms with Crippen molar-refractivity contribution in [2.45, 2.75) is 24.2 Å². The fourth-order valence-electron chi connectivity index (χ4n) is 1.71. The number of fused-ring (bicyclic) bond motifs is 1. The van der Waals surface area contributed by atoms with E-state index >= 15 is 0 Å². The van der Waals surface area contributed by atoms with E-state index in [1.807, 2.05) is 11.8 Å². The summed E-state index contributed by atoms with van der Waals surface area (Å²) in [7, 11) is 0. The van der Waals surface area contributed by atoms with Gasteiger partial charge in [0.05, 0.1) is 0 Å². The molecule has 0 radical (unpaired) electrons. The highest BCUT2D eigenvalue weighted by Crippen LogP contribution is 2.36. The van der Waals surface area contributed by atoms with Gasteiger partial charge in [0.25, 0.3) is 0 Å². The lowest BCUT2D eigenvalue weighted by atomic mass is 10.0. The highest BCUT2D eigenvalue weighted by molar-refractivity contribution is 9.10. The van der Waals surface area contributed by atoms with Gasteiger partial charge in [0.2, 0.25) is 0 Å². The second-order valence-corrected chi connectivity index (χ2v) is 5.35. The molecule has 14 heavy (non-hydrogen) atoms. The topological polar surface area (TPSA) is 17.1 Å². The summed E-state index contributed by atoms with van der Waals surface area (Å²) in [6.45, 7) is 0. The molecule has 1 aliphatic heterocycles. The minimum Gasteiger partial charge on any atom is -0.303 e. The first kappa shape index (κ1) is 10.2. The molecule has 1 aromatic carbocycles. The average molecular weight is 271 g/mol. The van der Waals surface area contributed by atoms with Crippen LogP contribution in [-0.2, 0) is 17.6 Å². The minimum absolute atomic E-state index is 0.524. The van der Waals surface area contributed by atoms with Crippen LogP contribution in [0.25, 0.3) is 0 Å². The van der Waals surface area contributed by atoms with Crippen LogP contribution >= 0.6 is 27.7 Å². The van der Waals surface area contributed by atoms with E-state index in [4.69, 9.17) is 0 Å². The molecule has 0 amide bonds. The molecule has 74 valence electrons. The van der Waals surface area contributed by atoms with Crippen molar-refractivity contribution in [3.05, 3.63) is 27.7 Å². The third-order valence-electron chi connectivity index (χ3n) is 2.34. The van der Waals surface area contributed by atoms with Crippen molar-refractivity contribution in [2.24, 2.45) is 0 Å². The number of aldehydes is 1. The lowest BCUT2D eigenvalue weighted by Gasteiger charge is -2.17. The zero-order valence-electron chi connectivity index (χ0n) is 7.75. The van der Waals surface area contributed by atoms with Gasteiger partial charge in [-0.05, 0) is 51.7 Å². The summed E-state index contributed by atoms with van der Waals surface area (Å²) >= 11 is 5.47. The first-order valence-corrected chi connectivity index (χ1v) is 6.47. The minimum atomic E-state index is 0.524. The fourth-order valence-corrected chi connectivity index (χ4v) is 3.64. The van der Waals surface area contributed by atoms with Crippen LogP contribution in [0.2, 0.25) is 0 Å². The summed E-state index contributed by atoms with van der Waals surface area (Å²) in [6.07, 6.45) is 3.88. The third-order valence-corrected chi connectivity index (χ3v) is 4.49. The average Bonchev–Trinajstić information content (AvgIpc) is 2.18. The molecule has 0 saturated heterocycles. The Morgan fingerprint density at radius 3 is 3.14 bits per heavy atom. The van der Waals surface area contributed by atoms with Gasteiger partial charge in [0, 0.05) is 15.8 Å². The molecule has 0 fully saturated rings. The smallest absolute Gasteiger partial charge is 0.124 e. The van der Waals surface area contributed by atoms with Gasteiger partial charge in [-0.2, -0.15) is 0 Å². The van der Waals surface area contributed by atoms with E-state index in [1.54, 1.807) is 0 Å². The number of carbonyl (C=O) groups excluding carboxylic acids is 1. The van der Waals surface area contributed by atoms with E-state index in [2.05, 4.69) is 28.1 Å². The van der Waals surface area contributed by atoms with Crippen LogP contribution in [0.3, 0.4) is 0 Å². The van der Waals surface area contributed by atoms with Gasteiger partial charge in [-0.25, -0.2) is 0 Å². The Morgan fingerprint density at radius 2 is 2.36 bits per heavy atom. The highest BCUT2D eigenvalue weighted by atomic mass is 79.9. The van der Waals surface area contributed by atoms with E-state index in [9.17, 15) is 4.79 Å². The summed E-state index contributed by atoms with van der Waals surface area (Å²) in [5.41, 5.74) is 2.51. The van der Waals surface area contributed by atoms with Crippen molar-refractivity contribution >= 4 is 34.0 Å². The molecule has 1 heterocycles. The van der Waals surface area contributed by atoms with Crippen LogP contribution in [0, 0.1) is 0 Å². The number of carbonyl (C=O) groups is 1. The van der Waals surface area contributed by atoms with Gasteiger partial charge in [-0.1, -0.05) is 6.07 Å². The van der Waals surface area contributed by atoms with Gasteiger partial charge < -0.3 is 4.79 Å². The zero-order chi connectivity index (χ0) is 9.97.